The average molecular weight is 406 g/mol. The minimum Gasteiger partial charge on any atom is -0.481 e. The summed E-state index contributed by atoms with van der Waals surface area (Å²) in [6.07, 6.45) is -12.3. The second-order valence-corrected chi connectivity index (χ2v) is 6.12. The fourth-order valence-electron chi connectivity index (χ4n) is 2.82. The van der Waals surface area contributed by atoms with Crippen LogP contribution in [0.4, 0.5) is 26.3 Å². The van der Waals surface area contributed by atoms with Crippen molar-refractivity contribution in [1.82, 2.24) is 0 Å². The summed E-state index contributed by atoms with van der Waals surface area (Å²) in [6, 6.07) is 7.62. The summed E-state index contributed by atoms with van der Waals surface area (Å²) in [7, 11) is 0. The molecule has 2 aromatic rings. The lowest BCUT2D eigenvalue weighted by atomic mass is 9.90. The molecule has 2 aromatic carbocycles. The van der Waals surface area contributed by atoms with E-state index < -0.39 is 42.3 Å². The van der Waals surface area contributed by atoms with Crippen molar-refractivity contribution in [2.75, 3.05) is 0 Å². The molecule has 0 bridgehead atoms. The van der Waals surface area contributed by atoms with E-state index in [1.54, 1.807) is 0 Å². The van der Waals surface area contributed by atoms with Gasteiger partial charge in [-0.2, -0.15) is 26.3 Å². The summed E-state index contributed by atoms with van der Waals surface area (Å²) in [5, 5.41) is 9.09. The lowest BCUT2D eigenvalue weighted by molar-refractivity contribution is -0.217. The van der Waals surface area contributed by atoms with E-state index in [2.05, 4.69) is 0 Å². The first-order chi connectivity index (χ1) is 12.9. The number of hydrogen-bond acceptors (Lipinski definition) is 3. The van der Waals surface area contributed by atoms with Crippen molar-refractivity contribution in [3.05, 3.63) is 53.6 Å². The number of aliphatic carboxylic acids is 1. The van der Waals surface area contributed by atoms with Crippen molar-refractivity contribution in [3.8, 4) is 17.2 Å². The summed E-state index contributed by atoms with van der Waals surface area (Å²) >= 11 is 0. The molecule has 28 heavy (non-hydrogen) atoms. The maximum absolute atomic E-state index is 13.0. The van der Waals surface area contributed by atoms with Gasteiger partial charge < -0.3 is 14.6 Å². The Balaban J connectivity index is 1.82. The molecule has 1 aliphatic rings. The van der Waals surface area contributed by atoms with E-state index in [0.29, 0.717) is 0 Å². The minimum atomic E-state index is -4.85. The van der Waals surface area contributed by atoms with Crippen molar-refractivity contribution in [1.29, 1.82) is 0 Å². The highest BCUT2D eigenvalue weighted by molar-refractivity contribution is 5.72. The Morgan fingerprint density at radius 1 is 1.00 bits per heavy atom. The third kappa shape index (κ3) is 4.15. The summed E-state index contributed by atoms with van der Waals surface area (Å²) in [5.41, 5.74) is -0.668. The van der Waals surface area contributed by atoms with Gasteiger partial charge in [-0.15, -0.1) is 0 Å². The SMILES string of the molecule is O=C(O)C1Cc2cc(Oc3ccc(C(F)(F)F)cc3)ccc2OC1C(F)(F)F. The lowest BCUT2D eigenvalue weighted by Gasteiger charge is -2.32. The Bertz CT molecular complexity index is 873. The molecule has 2 unspecified atom stereocenters. The van der Waals surface area contributed by atoms with E-state index in [9.17, 15) is 31.1 Å². The van der Waals surface area contributed by atoms with Crippen LogP contribution < -0.4 is 9.47 Å². The van der Waals surface area contributed by atoms with Crippen molar-refractivity contribution < 1.29 is 45.7 Å². The van der Waals surface area contributed by atoms with Crippen LogP contribution >= 0.6 is 0 Å². The maximum Gasteiger partial charge on any atom is 0.426 e. The van der Waals surface area contributed by atoms with E-state index in [1.807, 2.05) is 0 Å². The van der Waals surface area contributed by atoms with Gasteiger partial charge >= 0.3 is 18.3 Å². The molecule has 1 aliphatic heterocycles. The van der Waals surface area contributed by atoms with Crippen LogP contribution in [0.3, 0.4) is 0 Å². The van der Waals surface area contributed by atoms with Crippen LogP contribution in [0.1, 0.15) is 11.1 Å². The maximum atomic E-state index is 13.0. The zero-order valence-corrected chi connectivity index (χ0v) is 13.8. The minimum absolute atomic E-state index is 0.0765. The summed E-state index contributed by atoms with van der Waals surface area (Å²) in [5.74, 6) is -3.40. The Labute approximate surface area is 154 Å². The molecule has 2 atom stereocenters. The predicted octanol–water partition coefficient (Wildman–Crippen LogP) is 5.06. The van der Waals surface area contributed by atoms with E-state index in [-0.39, 0.29) is 22.8 Å². The molecule has 0 fully saturated rings. The highest BCUT2D eigenvalue weighted by atomic mass is 19.4. The average Bonchev–Trinajstić information content (AvgIpc) is 2.59. The first-order valence-electron chi connectivity index (χ1n) is 7.89. The molecule has 150 valence electrons. The number of fused-ring (bicyclic) bond motifs is 1. The van der Waals surface area contributed by atoms with Gasteiger partial charge in [0.05, 0.1) is 5.56 Å². The van der Waals surface area contributed by atoms with Crippen molar-refractivity contribution >= 4 is 5.97 Å². The van der Waals surface area contributed by atoms with Crippen LogP contribution in [0.5, 0.6) is 17.2 Å². The molecule has 1 N–H and O–H groups in total. The standard InChI is InChI=1S/C18H12F6O4/c19-17(20,21)10-1-3-11(4-2-10)27-12-5-6-14-9(7-12)8-13(16(25)26)15(28-14)18(22,23)24/h1-7,13,15H,8H2,(H,25,26). The number of carboxylic acid groups (broad SMARTS) is 1. The van der Waals surface area contributed by atoms with Crippen LogP contribution in [-0.4, -0.2) is 23.4 Å². The predicted molar refractivity (Wildman–Crippen MR) is 83.3 cm³/mol. The smallest absolute Gasteiger partial charge is 0.426 e. The second kappa shape index (κ2) is 6.92. The normalized spacial score (nSPS) is 19.5. The first-order valence-corrected chi connectivity index (χ1v) is 7.89. The Morgan fingerprint density at radius 2 is 1.61 bits per heavy atom. The molecular weight excluding hydrogens is 394 g/mol. The van der Waals surface area contributed by atoms with E-state index in [0.717, 1.165) is 24.3 Å². The highest BCUT2D eigenvalue weighted by Crippen LogP contribution is 2.40. The number of alkyl halides is 6. The molecule has 1 heterocycles. The Kier molecular flexibility index (Phi) is 4.90. The number of halogens is 6. The number of hydrogen-bond donors (Lipinski definition) is 1. The highest BCUT2D eigenvalue weighted by Gasteiger charge is 2.52. The lowest BCUT2D eigenvalue weighted by Crippen LogP contribution is -2.47. The van der Waals surface area contributed by atoms with Gasteiger partial charge in [-0.1, -0.05) is 0 Å². The summed E-state index contributed by atoms with van der Waals surface area (Å²) in [6.45, 7) is 0. The van der Waals surface area contributed by atoms with Gasteiger partial charge in [-0.05, 0) is 54.4 Å². The fourth-order valence-corrected chi connectivity index (χ4v) is 2.82. The summed E-state index contributed by atoms with van der Waals surface area (Å²) in [4.78, 5) is 11.2. The van der Waals surface area contributed by atoms with Crippen molar-refractivity contribution in [3.63, 3.8) is 0 Å². The third-order valence-corrected chi connectivity index (χ3v) is 4.15. The summed E-state index contributed by atoms with van der Waals surface area (Å²) < 4.78 is 87.1. The number of carboxylic acids is 1. The second-order valence-electron chi connectivity index (χ2n) is 6.12. The number of benzene rings is 2. The van der Waals surface area contributed by atoms with Crippen LogP contribution in [0.25, 0.3) is 0 Å². The first kappa shape index (κ1) is 19.8. The van der Waals surface area contributed by atoms with Crippen molar-refractivity contribution in [2.45, 2.75) is 24.9 Å². The van der Waals surface area contributed by atoms with Gasteiger partial charge in [0, 0.05) is 0 Å². The van der Waals surface area contributed by atoms with Gasteiger partial charge in [-0.25, -0.2) is 0 Å². The largest absolute Gasteiger partial charge is 0.481 e. The number of ether oxygens (including phenoxy) is 2. The van der Waals surface area contributed by atoms with Gasteiger partial charge in [0.2, 0.25) is 6.10 Å². The van der Waals surface area contributed by atoms with Gasteiger partial charge in [0.25, 0.3) is 0 Å². The molecule has 0 radical (unpaired) electrons. The van der Waals surface area contributed by atoms with E-state index in [1.165, 1.54) is 18.2 Å². The van der Waals surface area contributed by atoms with E-state index in [4.69, 9.17) is 14.6 Å². The molecule has 0 aromatic heterocycles. The molecule has 0 saturated heterocycles. The fraction of sp³-hybridized carbons (Fsp3) is 0.278. The van der Waals surface area contributed by atoms with Gasteiger partial charge in [-0.3, -0.25) is 4.79 Å². The topological polar surface area (TPSA) is 55.8 Å². The quantitative estimate of drug-likeness (QED) is 0.724. The monoisotopic (exact) mass is 406 g/mol. The molecule has 3 rings (SSSR count). The van der Waals surface area contributed by atoms with Crippen LogP contribution in [0, 0.1) is 5.92 Å². The number of rotatable bonds is 3. The van der Waals surface area contributed by atoms with Gasteiger partial charge in [0.1, 0.15) is 23.2 Å². The molecule has 0 amide bonds. The van der Waals surface area contributed by atoms with E-state index >= 15 is 0 Å². The molecule has 10 heteroatoms. The number of carbonyl (C=O) groups is 1. The van der Waals surface area contributed by atoms with Gasteiger partial charge in [0.15, 0.2) is 0 Å². The molecular formula is C18H12F6O4. The van der Waals surface area contributed by atoms with Crippen LogP contribution in [0.2, 0.25) is 0 Å². The Hall–Kier alpha value is -2.91. The zero-order valence-electron chi connectivity index (χ0n) is 13.8. The molecule has 4 nitrogen and oxygen atoms in total. The Morgan fingerprint density at radius 3 is 2.14 bits per heavy atom. The third-order valence-electron chi connectivity index (χ3n) is 4.15. The molecule has 0 spiro atoms. The molecule has 0 aliphatic carbocycles. The zero-order chi connectivity index (χ0) is 20.7. The molecule has 0 saturated carbocycles. The van der Waals surface area contributed by atoms with Crippen LogP contribution in [-0.2, 0) is 17.4 Å². The van der Waals surface area contributed by atoms with Crippen molar-refractivity contribution in [2.24, 2.45) is 5.92 Å². The van der Waals surface area contributed by atoms with Crippen LogP contribution in [0.15, 0.2) is 42.5 Å².